The lowest BCUT2D eigenvalue weighted by molar-refractivity contribution is -0.127. The molecule has 0 spiro atoms. The van der Waals surface area contributed by atoms with E-state index in [2.05, 4.69) is 6.58 Å². The third-order valence-electron chi connectivity index (χ3n) is 4.97. The molecule has 8 heteroatoms. The zero-order chi connectivity index (χ0) is 20.1. The number of aromatic hydroxyl groups is 1. The van der Waals surface area contributed by atoms with Crippen molar-refractivity contribution in [1.82, 2.24) is 0 Å². The van der Waals surface area contributed by atoms with E-state index in [4.69, 9.17) is 51.1 Å². The number of alkyl halides is 2. The minimum absolute atomic E-state index is 0.0265. The highest BCUT2D eigenvalue weighted by Gasteiger charge is 2.68. The molecular formula is C19H14Cl4O4. The number of Topliss-reactive ketones (excluding diaryl/α,β-unsaturated/α-hetero) is 2. The summed E-state index contributed by atoms with van der Waals surface area (Å²) in [6.45, 7) is 3.78. The van der Waals surface area contributed by atoms with E-state index in [1.54, 1.807) is 12.1 Å². The second-order valence-electron chi connectivity index (χ2n) is 6.27. The van der Waals surface area contributed by atoms with Gasteiger partial charge in [0, 0.05) is 17.5 Å². The van der Waals surface area contributed by atoms with Gasteiger partial charge in [-0.3, -0.25) is 9.59 Å². The van der Waals surface area contributed by atoms with Crippen molar-refractivity contribution in [3.05, 3.63) is 58.1 Å². The Labute approximate surface area is 176 Å². The average Bonchev–Trinajstić information content (AvgIpc) is 2.66. The summed E-state index contributed by atoms with van der Waals surface area (Å²) < 4.78 is 5.35. The zero-order valence-corrected chi connectivity index (χ0v) is 17.1. The Hall–Kier alpha value is -1.46. The summed E-state index contributed by atoms with van der Waals surface area (Å²) in [5.41, 5.74) is 1.03. The van der Waals surface area contributed by atoms with Crippen LogP contribution in [-0.4, -0.2) is 33.5 Å². The number of phenols is 1. The summed E-state index contributed by atoms with van der Waals surface area (Å²) in [6, 6.07) is 4.34. The molecule has 2 aliphatic rings. The summed E-state index contributed by atoms with van der Waals surface area (Å²) in [4.78, 5) is 22.2. The average molecular weight is 448 g/mol. The summed E-state index contributed by atoms with van der Waals surface area (Å²) in [5.74, 6) is -2.15. The maximum Gasteiger partial charge on any atom is 0.199 e. The molecule has 142 valence electrons. The van der Waals surface area contributed by atoms with Gasteiger partial charge in [0.2, 0.25) is 0 Å². The van der Waals surface area contributed by atoms with E-state index in [0.29, 0.717) is 11.1 Å². The lowest BCUT2D eigenvalue weighted by atomic mass is 9.62. The predicted octanol–water partition coefficient (Wildman–Crippen LogP) is 4.80. The minimum atomic E-state index is -1.95. The molecule has 1 N–H and O–H groups in total. The van der Waals surface area contributed by atoms with Crippen molar-refractivity contribution in [2.75, 3.05) is 7.11 Å². The van der Waals surface area contributed by atoms with Crippen LogP contribution in [0.3, 0.4) is 0 Å². The lowest BCUT2D eigenvalue weighted by Crippen LogP contribution is -2.64. The highest BCUT2D eigenvalue weighted by molar-refractivity contribution is 6.66. The molecule has 1 aromatic carbocycles. The van der Waals surface area contributed by atoms with Crippen molar-refractivity contribution in [3.8, 4) is 11.5 Å². The standard InChI is InChI=1S/C19H14Cl4O4/c1-3-9-6-7-18(22)16(25)14(20)15(21)17(26)19(18,23)13(9)11-5-4-10(24)8-12(11)27-2/h3-6,8,13,24H,1,7H2,2H3. The number of carbonyl (C=O) groups excluding carboxylic acids is 2. The van der Waals surface area contributed by atoms with E-state index in [9.17, 15) is 14.7 Å². The first-order valence-electron chi connectivity index (χ1n) is 7.85. The van der Waals surface area contributed by atoms with E-state index in [0.717, 1.165) is 0 Å². The maximum atomic E-state index is 13.2. The van der Waals surface area contributed by atoms with Crippen molar-refractivity contribution in [3.63, 3.8) is 0 Å². The van der Waals surface area contributed by atoms with Crippen LogP contribution in [0.1, 0.15) is 17.9 Å². The molecular weight excluding hydrogens is 434 g/mol. The Morgan fingerprint density at radius 1 is 1.22 bits per heavy atom. The van der Waals surface area contributed by atoms with Crippen molar-refractivity contribution in [2.24, 2.45) is 0 Å². The van der Waals surface area contributed by atoms with E-state index in [-0.39, 0.29) is 17.9 Å². The molecule has 1 aromatic rings. The Morgan fingerprint density at radius 3 is 2.44 bits per heavy atom. The molecule has 2 aliphatic carbocycles. The quantitative estimate of drug-likeness (QED) is 0.676. The molecule has 0 amide bonds. The zero-order valence-electron chi connectivity index (χ0n) is 14.1. The van der Waals surface area contributed by atoms with Crippen LogP contribution in [0.2, 0.25) is 0 Å². The normalized spacial score (nSPS) is 30.7. The molecule has 3 rings (SSSR count). The maximum absolute atomic E-state index is 13.2. The van der Waals surface area contributed by atoms with E-state index >= 15 is 0 Å². The van der Waals surface area contributed by atoms with Gasteiger partial charge in [0.1, 0.15) is 31.3 Å². The van der Waals surface area contributed by atoms with E-state index in [1.165, 1.54) is 25.3 Å². The van der Waals surface area contributed by atoms with Gasteiger partial charge < -0.3 is 9.84 Å². The largest absolute Gasteiger partial charge is 0.508 e. The van der Waals surface area contributed by atoms with Crippen LogP contribution in [0.5, 0.6) is 11.5 Å². The number of phenolic OH excluding ortho intramolecular Hbond substituents is 1. The van der Waals surface area contributed by atoms with Gasteiger partial charge in [-0.2, -0.15) is 0 Å². The van der Waals surface area contributed by atoms with Crippen molar-refractivity contribution >= 4 is 58.0 Å². The smallest absolute Gasteiger partial charge is 0.199 e. The molecule has 0 aromatic heterocycles. The highest BCUT2D eigenvalue weighted by Crippen LogP contribution is 2.60. The fourth-order valence-corrected chi connectivity index (χ4v) is 5.06. The number of methoxy groups -OCH3 is 1. The van der Waals surface area contributed by atoms with Gasteiger partial charge in [0.25, 0.3) is 0 Å². The van der Waals surface area contributed by atoms with Crippen LogP contribution in [0, 0.1) is 0 Å². The summed E-state index contributed by atoms with van der Waals surface area (Å²) >= 11 is 25.6. The van der Waals surface area contributed by atoms with Gasteiger partial charge >= 0.3 is 0 Å². The number of allylic oxidation sites excluding steroid dienone is 5. The molecule has 0 radical (unpaired) electrons. The number of hydrogen-bond donors (Lipinski definition) is 1. The third kappa shape index (κ3) is 2.65. The first kappa shape index (κ1) is 20.3. The number of ketones is 2. The number of ether oxygens (including phenoxy) is 1. The second-order valence-corrected chi connectivity index (χ2v) is 8.27. The number of rotatable bonds is 3. The van der Waals surface area contributed by atoms with Crippen LogP contribution in [0.4, 0.5) is 0 Å². The van der Waals surface area contributed by atoms with Gasteiger partial charge in [0.15, 0.2) is 11.6 Å². The first-order valence-corrected chi connectivity index (χ1v) is 9.36. The van der Waals surface area contributed by atoms with Gasteiger partial charge in [-0.15, -0.1) is 23.2 Å². The monoisotopic (exact) mass is 446 g/mol. The molecule has 0 saturated carbocycles. The molecule has 3 unspecified atom stereocenters. The molecule has 4 nitrogen and oxygen atoms in total. The topological polar surface area (TPSA) is 63.6 Å². The van der Waals surface area contributed by atoms with Gasteiger partial charge in [0.05, 0.1) is 7.11 Å². The number of benzene rings is 1. The second kappa shape index (κ2) is 6.85. The van der Waals surface area contributed by atoms with Crippen molar-refractivity contribution in [2.45, 2.75) is 22.1 Å². The van der Waals surface area contributed by atoms with Gasteiger partial charge in [-0.1, -0.05) is 48.0 Å². The van der Waals surface area contributed by atoms with Crippen LogP contribution in [-0.2, 0) is 9.59 Å². The molecule has 0 aliphatic heterocycles. The Morgan fingerprint density at radius 2 is 1.85 bits per heavy atom. The number of fused-ring (bicyclic) bond motifs is 1. The van der Waals surface area contributed by atoms with Crippen molar-refractivity contribution in [1.29, 1.82) is 0 Å². The van der Waals surface area contributed by atoms with E-state index < -0.39 is 37.3 Å². The lowest BCUT2D eigenvalue weighted by Gasteiger charge is -2.50. The SMILES string of the molecule is C=CC1=CCC2(Cl)C(=O)C(Cl)=C(Cl)C(=O)C2(Cl)C1c1ccc(O)cc1OC. The molecule has 0 saturated heterocycles. The molecule has 3 atom stereocenters. The van der Waals surface area contributed by atoms with Gasteiger partial charge in [-0.25, -0.2) is 0 Å². The molecule has 0 bridgehead atoms. The van der Waals surface area contributed by atoms with Crippen LogP contribution < -0.4 is 4.74 Å². The summed E-state index contributed by atoms with van der Waals surface area (Å²) in [6.07, 6.45) is 3.19. The van der Waals surface area contributed by atoms with Crippen LogP contribution >= 0.6 is 46.4 Å². The first-order chi connectivity index (χ1) is 12.6. The Bertz CT molecular complexity index is 936. The number of carbonyl (C=O) groups is 2. The van der Waals surface area contributed by atoms with Crippen LogP contribution in [0.15, 0.2) is 52.6 Å². The Kier molecular flexibility index (Phi) is 5.15. The van der Waals surface area contributed by atoms with Crippen molar-refractivity contribution < 1.29 is 19.4 Å². The highest BCUT2D eigenvalue weighted by atomic mass is 35.5. The fraction of sp³-hybridized carbons (Fsp3) is 0.263. The Balaban J connectivity index is 2.37. The number of halogens is 4. The molecule has 27 heavy (non-hydrogen) atoms. The van der Waals surface area contributed by atoms with Gasteiger partial charge in [-0.05, 0) is 18.1 Å². The van der Waals surface area contributed by atoms with Crippen LogP contribution in [0.25, 0.3) is 0 Å². The molecule has 0 fully saturated rings. The number of hydrogen-bond acceptors (Lipinski definition) is 4. The minimum Gasteiger partial charge on any atom is -0.508 e. The molecule has 0 heterocycles. The summed E-state index contributed by atoms with van der Waals surface area (Å²) in [7, 11) is 1.41. The third-order valence-corrected chi connectivity index (χ3v) is 7.22. The predicted molar refractivity (Wildman–Crippen MR) is 106 cm³/mol. The fourth-order valence-electron chi connectivity index (χ4n) is 3.62. The van der Waals surface area contributed by atoms with E-state index in [1.807, 2.05) is 0 Å². The summed E-state index contributed by atoms with van der Waals surface area (Å²) in [5, 5.41) is 8.88.